The van der Waals surface area contributed by atoms with Gasteiger partial charge in [-0.15, -0.1) is 0 Å². The van der Waals surface area contributed by atoms with Crippen molar-refractivity contribution in [2.45, 2.75) is 44.6 Å². The zero-order valence-electron chi connectivity index (χ0n) is 22.4. The number of nitrogens with zero attached hydrogens (tertiary/aromatic N) is 3. The van der Waals surface area contributed by atoms with Crippen LogP contribution in [0, 0.1) is 36.3 Å². The molecule has 0 aliphatic carbocycles. The van der Waals surface area contributed by atoms with E-state index in [1.54, 1.807) is 0 Å². The summed E-state index contributed by atoms with van der Waals surface area (Å²) in [6.07, 6.45) is 2.06. The van der Waals surface area contributed by atoms with Gasteiger partial charge in [-0.25, -0.2) is 8.78 Å². The quantitative estimate of drug-likeness (QED) is 0.455. The summed E-state index contributed by atoms with van der Waals surface area (Å²) in [6.45, 7) is 9.08. The maximum absolute atomic E-state index is 14.5. The molecule has 6 nitrogen and oxygen atoms in total. The number of aryl methyl sites for hydroxylation is 1. The van der Waals surface area contributed by atoms with Crippen molar-refractivity contribution >= 4 is 11.7 Å². The van der Waals surface area contributed by atoms with Crippen molar-refractivity contribution in [1.82, 2.24) is 9.88 Å². The highest BCUT2D eigenvalue weighted by Crippen LogP contribution is 2.47. The van der Waals surface area contributed by atoms with Crippen LogP contribution in [0.2, 0.25) is 0 Å². The number of nitrogens with one attached hydrogen (secondary N) is 1. The molecule has 1 spiro atoms. The van der Waals surface area contributed by atoms with Gasteiger partial charge < -0.3 is 24.6 Å². The maximum Gasteiger partial charge on any atom is 0.300 e. The minimum Gasteiger partial charge on any atom is -0.420 e. The van der Waals surface area contributed by atoms with Crippen molar-refractivity contribution in [3.63, 3.8) is 0 Å². The fraction of sp³-hybridized carbons (Fsp3) is 0.500. The lowest BCUT2D eigenvalue weighted by atomic mass is 9.67. The molecule has 1 unspecified atom stereocenters. The lowest BCUT2D eigenvalue weighted by Crippen LogP contribution is -2.52. The normalized spacial score (nSPS) is 24.7. The number of hydrogen-bond acceptors (Lipinski definition) is 6. The second kappa shape index (κ2) is 10.2. The first kappa shape index (κ1) is 26.2. The zero-order chi connectivity index (χ0) is 27.3. The number of fused-ring (bicyclic) bond motifs is 2. The Morgan fingerprint density at radius 3 is 2.56 bits per heavy atom. The van der Waals surface area contributed by atoms with Gasteiger partial charge in [0.25, 0.3) is 5.95 Å². The topological polar surface area (TPSA) is 64.8 Å². The van der Waals surface area contributed by atoms with Gasteiger partial charge in [-0.3, -0.25) is 0 Å². The molecule has 0 saturated carbocycles. The van der Waals surface area contributed by atoms with E-state index >= 15 is 0 Å². The molecule has 208 valence electrons. The maximum atomic E-state index is 14.5. The van der Waals surface area contributed by atoms with Crippen molar-refractivity contribution in [1.29, 1.82) is 0 Å². The Bertz CT molecular complexity index is 1340. The summed E-state index contributed by atoms with van der Waals surface area (Å²) in [5, 5.41) is 14.8. The summed E-state index contributed by atoms with van der Waals surface area (Å²) in [6, 6.07) is 9.60. The number of β-amino-alcohol motifs (C(OH)–C–C–N with tert-alkyl or cyclic N) is 1. The summed E-state index contributed by atoms with van der Waals surface area (Å²) in [5.74, 6) is -2.20. The van der Waals surface area contributed by atoms with E-state index in [4.69, 9.17) is 4.42 Å². The smallest absolute Gasteiger partial charge is 0.300 e. The molecule has 3 atom stereocenters. The third kappa shape index (κ3) is 4.91. The second-order valence-electron chi connectivity index (χ2n) is 11.6. The Balaban J connectivity index is 1.04. The van der Waals surface area contributed by atoms with Crippen LogP contribution in [0.5, 0.6) is 0 Å². The number of aliphatic hydroxyl groups is 1. The van der Waals surface area contributed by atoms with Crippen LogP contribution >= 0.6 is 0 Å². The van der Waals surface area contributed by atoms with E-state index in [9.17, 15) is 18.3 Å². The zero-order valence-corrected chi connectivity index (χ0v) is 22.4. The molecule has 0 radical (unpaired) electrons. The number of piperidine rings is 2. The largest absolute Gasteiger partial charge is 0.420 e. The molecule has 39 heavy (non-hydrogen) atoms. The first-order valence-electron chi connectivity index (χ1n) is 13.8. The Hall–Kier alpha value is -3.04. The Morgan fingerprint density at radius 1 is 1.10 bits per heavy atom. The molecule has 0 amide bonds. The molecule has 9 heteroatoms. The van der Waals surface area contributed by atoms with E-state index < -0.39 is 23.7 Å². The summed E-state index contributed by atoms with van der Waals surface area (Å²) in [5.41, 5.74) is 4.09. The molecule has 3 aromatic rings. The van der Waals surface area contributed by atoms with E-state index in [1.807, 2.05) is 4.90 Å². The van der Waals surface area contributed by atoms with Gasteiger partial charge in [-0.2, -0.15) is 9.37 Å². The molecule has 2 aromatic carbocycles. The Morgan fingerprint density at radius 2 is 1.85 bits per heavy atom. The monoisotopic (exact) mass is 540 g/mol. The van der Waals surface area contributed by atoms with Crippen LogP contribution in [0.15, 0.2) is 40.8 Å². The summed E-state index contributed by atoms with van der Waals surface area (Å²) >= 11 is 0. The predicted octanol–water partition coefficient (Wildman–Crippen LogP) is 5.35. The molecule has 3 aliphatic rings. The fourth-order valence-electron chi connectivity index (χ4n) is 6.85. The van der Waals surface area contributed by atoms with Gasteiger partial charge >= 0.3 is 6.01 Å². The van der Waals surface area contributed by atoms with Crippen LogP contribution in [0.4, 0.5) is 24.9 Å². The van der Waals surface area contributed by atoms with Crippen LogP contribution in [0.25, 0.3) is 11.3 Å². The summed E-state index contributed by atoms with van der Waals surface area (Å²) in [4.78, 5) is 8.09. The minimum atomic E-state index is -0.899. The molecular formula is C30H35F3N4O2. The third-order valence-corrected chi connectivity index (χ3v) is 9.15. The molecule has 4 heterocycles. The number of likely N-dealkylation sites (tertiary alicyclic amines) is 1. The Labute approximate surface area is 226 Å². The van der Waals surface area contributed by atoms with Crippen molar-refractivity contribution in [2.24, 2.45) is 11.8 Å². The van der Waals surface area contributed by atoms with Crippen LogP contribution in [0.1, 0.15) is 37.3 Å². The van der Waals surface area contributed by atoms with Crippen LogP contribution in [0.3, 0.4) is 0 Å². The standard InChI is InChI=1S/C30H35F3N4O2/c1-18-3-4-24-25(11-18)34-17-30(24)7-10-36(15-19(30)2)16-26(38)20-5-8-37(9-6-20)29-35-28(33)27(39-29)21-12-22(31)14-23(32)13-21/h3-4,11-14,19-20,26,34,38H,5-10,15-17H2,1-2H3/t19-,26+,30?/m0/s1. The number of oxazole rings is 1. The average molecular weight is 541 g/mol. The van der Waals surface area contributed by atoms with E-state index in [0.29, 0.717) is 25.6 Å². The van der Waals surface area contributed by atoms with Crippen molar-refractivity contribution < 1.29 is 22.7 Å². The van der Waals surface area contributed by atoms with Gasteiger partial charge in [-0.05, 0) is 73.9 Å². The molecule has 1 aromatic heterocycles. The molecule has 0 bridgehead atoms. The van der Waals surface area contributed by atoms with Gasteiger partial charge in [0, 0.05) is 55.5 Å². The minimum absolute atomic E-state index is 0.0291. The number of benzene rings is 2. The number of hydrogen-bond donors (Lipinski definition) is 2. The Kier molecular flexibility index (Phi) is 6.83. The number of aromatic nitrogens is 1. The van der Waals surface area contributed by atoms with Crippen LogP contribution in [-0.2, 0) is 5.41 Å². The molecule has 2 fully saturated rings. The first-order valence-corrected chi connectivity index (χ1v) is 13.8. The predicted molar refractivity (Wildman–Crippen MR) is 144 cm³/mol. The SMILES string of the molecule is Cc1ccc2c(c1)NCC21CCN(C[C@@H](O)C2CCN(c3nc(F)c(-c4cc(F)cc(F)c4)o3)CC2)C[C@@H]1C. The van der Waals surface area contributed by atoms with E-state index in [2.05, 4.69) is 47.2 Å². The van der Waals surface area contributed by atoms with E-state index in [-0.39, 0.29) is 28.7 Å². The van der Waals surface area contributed by atoms with Gasteiger partial charge in [0.2, 0.25) is 0 Å². The molecule has 2 saturated heterocycles. The number of rotatable bonds is 5. The second-order valence-corrected chi connectivity index (χ2v) is 11.6. The summed E-state index contributed by atoms with van der Waals surface area (Å²) < 4.78 is 47.3. The summed E-state index contributed by atoms with van der Waals surface area (Å²) in [7, 11) is 0. The van der Waals surface area contributed by atoms with Gasteiger partial charge in [-0.1, -0.05) is 19.1 Å². The third-order valence-electron chi connectivity index (χ3n) is 9.15. The van der Waals surface area contributed by atoms with Crippen LogP contribution < -0.4 is 10.2 Å². The molecular weight excluding hydrogens is 505 g/mol. The molecule has 6 rings (SSSR count). The lowest BCUT2D eigenvalue weighted by molar-refractivity contribution is 0.0242. The average Bonchev–Trinajstić information content (AvgIpc) is 3.47. The van der Waals surface area contributed by atoms with E-state index in [0.717, 1.165) is 57.1 Å². The van der Waals surface area contributed by atoms with Crippen molar-refractivity contribution in [2.75, 3.05) is 49.5 Å². The highest BCUT2D eigenvalue weighted by atomic mass is 19.1. The number of anilines is 2. The first-order chi connectivity index (χ1) is 18.7. The fourth-order valence-corrected chi connectivity index (χ4v) is 6.85. The number of halogens is 3. The van der Waals surface area contributed by atoms with Crippen molar-refractivity contribution in [3.05, 3.63) is 65.1 Å². The van der Waals surface area contributed by atoms with Gasteiger partial charge in [0.05, 0.1) is 6.10 Å². The van der Waals surface area contributed by atoms with Crippen molar-refractivity contribution in [3.8, 4) is 11.3 Å². The van der Waals surface area contributed by atoms with Gasteiger partial charge in [0.15, 0.2) is 5.76 Å². The number of aliphatic hydroxyl groups excluding tert-OH is 1. The highest BCUT2D eigenvalue weighted by molar-refractivity contribution is 5.62. The lowest BCUT2D eigenvalue weighted by Gasteiger charge is -2.46. The van der Waals surface area contributed by atoms with E-state index in [1.165, 1.54) is 16.8 Å². The highest BCUT2D eigenvalue weighted by Gasteiger charge is 2.46. The molecule has 3 aliphatic heterocycles. The molecule has 2 N–H and O–H groups in total. The van der Waals surface area contributed by atoms with Crippen LogP contribution in [-0.4, -0.2) is 60.4 Å². The van der Waals surface area contributed by atoms with Gasteiger partial charge in [0.1, 0.15) is 11.6 Å².